The molecule has 18 heteroatoms. The summed E-state index contributed by atoms with van der Waals surface area (Å²) in [7, 11) is -9.79. The van der Waals surface area contributed by atoms with Crippen molar-refractivity contribution in [1.82, 2.24) is 0 Å². The number of esters is 3. The molecule has 0 spiro atoms. The van der Waals surface area contributed by atoms with E-state index in [0.29, 0.717) is 19.3 Å². The molecule has 0 rings (SSSR count). The van der Waals surface area contributed by atoms with Crippen molar-refractivity contribution in [3.63, 3.8) is 0 Å². The zero-order valence-corrected chi connectivity index (χ0v) is 59.7. The van der Waals surface area contributed by atoms with Crippen molar-refractivity contribution in [2.75, 3.05) is 39.6 Å². The quantitative estimate of drug-likeness (QED) is 0.0146. The van der Waals surface area contributed by atoms with Crippen LogP contribution in [-0.2, 0) is 55.8 Å². The Morgan fingerprint density at radius 1 is 0.312 bits per heavy atom. The molecule has 0 fully saturated rings. The molecule has 5 atom stereocenters. The summed E-state index contributed by atoms with van der Waals surface area (Å²) in [5.41, 5.74) is 0. The van der Waals surface area contributed by atoms with Crippen molar-refractivity contribution in [2.45, 2.75) is 296 Å². The number of carbonyl (C=O) groups excluding carboxylic acids is 3. The number of aliphatic hydroxyl groups is 2. The first-order chi connectivity index (χ1) is 45.2. The number of phosphoric acid groups is 2. The summed E-state index contributed by atoms with van der Waals surface area (Å²) < 4.78 is 60.9. The van der Waals surface area contributed by atoms with Crippen molar-refractivity contribution in [1.29, 1.82) is 0 Å². The standard InChI is InChI=1S/C75H128O16P2/c1-4-7-10-13-16-19-22-25-27-28-29-30-31-32-33-34-35-36-37-38-39-40-42-45-46-49-52-55-58-61-73(78)85-64-70(76)65-87-92(81,82)88-66-71(77)67-89-93(83,84)90-69-72(91-75(80)63-60-57-54-51-48-43-24-21-18-15-12-9-6-3)68-86-74(79)62-59-56-53-50-47-44-41-26-23-20-17-14-11-8-5-2/h7,10,12,15-17,19-21,24-27,29-30,32-33,35-36,41,70-72,76-77H,4-6,8-9,11,13-14,18,22-23,28,31,34,37-40,42-69H2,1-3H3,(H,81,82)(H,83,84)/b10-7-,15-12-,19-16-,20-17-,24-21-,27-25-,30-29-,33-32-,36-35-,41-26-. The topological polar surface area (TPSA) is 231 Å². The molecule has 0 saturated carbocycles. The van der Waals surface area contributed by atoms with Crippen LogP contribution in [0.2, 0.25) is 0 Å². The van der Waals surface area contributed by atoms with Crippen molar-refractivity contribution >= 4 is 33.6 Å². The Labute approximate surface area is 563 Å². The summed E-state index contributed by atoms with van der Waals surface area (Å²) >= 11 is 0. The van der Waals surface area contributed by atoms with E-state index in [9.17, 15) is 43.5 Å². The molecule has 93 heavy (non-hydrogen) atoms. The zero-order chi connectivity index (χ0) is 68.1. The lowest BCUT2D eigenvalue weighted by molar-refractivity contribution is -0.161. The summed E-state index contributed by atoms with van der Waals surface area (Å²) in [6, 6.07) is 0. The monoisotopic (exact) mass is 1350 g/mol. The lowest BCUT2D eigenvalue weighted by atomic mass is 10.1. The van der Waals surface area contributed by atoms with Gasteiger partial charge in [0.25, 0.3) is 0 Å². The third-order valence-electron chi connectivity index (χ3n) is 14.6. The Kier molecular flexibility index (Phi) is 65.0. The van der Waals surface area contributed by atoms with Gasteiger partial charge in [-0.15, -0.1) is 0 Å². The molecular weight excluding hydrogens is 1220 g/mol. The number of aliphatic hydroxyl groups excluding tert-OH is 2. The van der Waals surface area contributed by atoms with Gasteiger partial charge in [-0.2, -0.15) is 0 Å². The van der Waals surface area contributed by atoms with Crippen LogP contribution in [0, 0.1) is 0 Å². The van der Waals surface area contributed by atoms with Gasteiger partial charge in [0, 0.05) is 19.3 Å². The van der Waals surface area contributed by atoms with E-state index < -0.39 is 91.5 Å². The van der Waals surface area contributed by atoms with Crippen LogP contribution in [0.5, 0.6) is 0 Å². The van der Waals surface area contributed by atoms with Gasteiger partial charge in [0.15, 0.2) is 6.10 Å². The molecule has 0 aromatic rings. The smallest absolute Gasteiger partial charge is 0.463 e. The van der Waals surface area contributed by atoms with E-state index in [1.54, 1.807) is 0 Å². The number of hydrogen-bond donors (Lipinski definition) is 4. The van der Waals surface area contributed by atoms with Gasteiger partial charge in [-0.3, -0.25) is 32.5 Å². The van der Waals surface area contributed by atoms with E-state index in [1.165, 1.54) is 51.4 Å². The molecule has 0 amide bonds. The van der Waals surface area contributed by atoms with Crippen LogP contribution in [0.3, 0.4) is 0 Å². The number of rotatable bonds is 67. The minimum atomic E-state index is -4.93. The Morgan fingerprint density at radius 3 is 0.946 bits per heavy atom. The average Bonchev–Trinajstić information content (AvgIpc) is 2.91. The second-order valence-corrected chi connectivity index (χ2v) is 26.6. The molecule has 16 nitrogen and oxygen atoms in total. The minimum absolute atomic E-state index is 0.0839. The predicted octanol–water partition coefficient (Wildman–Crippen LogP) is 20.2. The highest BCUT2D eigenvalue weighted by atomic mass is 31.2. The Bertz CT molecular complexity index is 2180. The van der Waals surface area contributed by atoms with E-state index in [0.717, 1.165) is 167 Å². The van der Waals surface area contributed by atoms with Crippen molar-refractivity contribution in [2.24, 2.45) is 0 Å². The van der Waals surface area contributed by atoms with Gasteiger partial charge >= 0.3 is 33.6 Å². The summed E-state index contributed by atoms with van der Waals surface area (Å²) in [5.74, 6) is -1.61. The predicted molar refractivity (Wildman–Crippen MR) is 380 cm³/mol. The fourth-order valence-electron chi connectivity index (χ4n) is 9.17. The molecule has 0 aliphatic carbocycles. The van der Waals surface area contributed by atoms with Gasteiger partial charge in [0.2, 0.25) is 0 Å². The summed E-state index contributed by atoms with van der Waals surface area (Å²) in [6.07, 6.45) is 78.3. The molecule has 0 saturated heterocycles. The normalized spacial score (nSPS) is 14.9. The highest BCUT2D eigenvalue weighted by Gasteiger charge is 2.29. The zero-order valence-electron chi connectivity index (χ0n) is 57.9. The number of phosphoric ester groups is 2. The number of carbonyl (C=O) groups is 3. The van der Waals surface area contributed by atoms with E-state index in [-0.39, 0.29) is 19.3 Å². The maximum Gasteiger partial charge on any atom is 0.472 e. The minimum Gasteiger partial charge on any atom is -0.463 e. The van der Waals surface area contributed by atoms with Crippen LogP contribution in [0.4, 0.5) is 0 Å². The van der Waals surface area contributed by atoms with Crippen molar-refractivity contribution in [3.05, 3.63) is 122 Å². The Balaban J connectivity index is 4.48. The average molecular weight is 1350 g/mol. The fraction of sp³-hybridized carbons (Fsp3) is 0.693. The fourth-order valence-corrected chi connectivity index (χ4v) is 10.8. The molecule has 5 unspecified atom stereocenters. The number of unbranched alkanes of at least 4 members (excludes halogenated alkanes) is 24. The number of ether oxygens (including phenoxy) is 3. The largest absolute Gasteiger partial charge is 0.472 e. The summed E-state index contributed by atoms with van der Waals surface area (Å²) in [4.78, 5) is 58.4. The highest BCUT2D eigenvalue weighted by molar-refractivity contribution is 7.47. The maximum absolute atomic E-state index is 12.9. The van der Waals surface area contributed by atoms with Gasteiger partial charge in [-0.25, -0.2) is 9.13 Å². The summed E-state index contributed by atoms with van der Waals surface area (Å²) in [5, 5.41) is 20.6. The van der Waals surface area contributed by atoms with Crippen LogP contribution in [0.15, 0.2) is 122 Å². The second kappa shape index (κ2) is 67.9. The first-order valence-corrected chi connectivity index (χ1v) is 38.8. The van der Waals surface area contributed by atoms with Crippen LogP contribution >= 0.6 is 15.6 Å². The van der Waals surface area contributed by atoms with E-state index in [2.05, 4.69) is 142 Å². The van der Waals surface area contributed by atoms with Gasteiger partial charge in [0.05, 0.1) is 26.4 Å². The maximum atomic E-state index is 12.9. The lowest BCUT2D eigenvalue weighted by Crippen LogP contribution is -2.30. The van der Waals surface area contributed by atoms with Crippen LogP contribution in [0.1, 0.15) is 278 Å². The Morgan fingerprint density at radius 2 is 0.591 bits per heavy atom. The SMILES string of the molecule is CC/C=C\C/C=C\C/C=C\C/C=C\C/C=C\C/C=C\CCCCCCCCCCCCC(=O)OCC(O)COP(=O)(O)OCC(O)COP(=O)(O)OCC(COC(=O)CCCCCCC/C=C\C/C=C\CCCCC)OC(=O)CCCCCCC/C=C\C/C=C\CCC. The Hall–Kier alpha value is -4.05. The van der Waals surface area contributed by atoms with Crippen LogP contribution in [-0.4, -0.2) is 95.9 Å². The highest BCUT2D eigenvalue weighted by Crippen LogP contribution is 2.45. The van der Waals surface area contributed by atoms with Gasteiger partial charge in [-0.1, -0.05) is 251 Å². The van der Waals surface area contributed by atoms with E-state index >= 15 is 0 Å². The van der Waals surface area contributed by atoms with Crippen LogP contribution < -0.4 is 0 Å². The van der Waals surface area contributed by atoms with Gasteiger partial charge in [0.1, 0.15) is 25.4 Å². The molecule has 0 radical (unpaired) electrons. The van der Waals surface area contributed by atoms with Crippen LogP contribution in [0.25, 0.3) is 0 Å². The third-order valence-corrected chi connectivity index (χ3v) is 16.5. The molecule has 0 aromatic heterocycles. The van der Waals surface area contributed by atoms with Crippen molar-refractivity contribution in [3.8, 4) is 0 Å². The molecule has 4 N–H and O–H groups in total. The molecule has 0 aliphatic rings. The first kappa shape index (κ1) is 89.0. The molecular formula is C75H128O16P2. The van der Waals surface area contributed by atoms with Crippen molar-refractivity contribution < 1.29 is 75.8 Å². The van der Waals surface area contributed by atoms with Gasteiger partial charge in [-0.05, 0) is 128 Å². The first-order valence-electron chi connectivity index (χ1n) is 35.8. The van der Waals surface area contributed by atoms with E-state index in [4.69, 9.17) is 32.3 Å². The van der Waals surface area contributed by atoms with E-state index in [1.807, 2.05) is 0 Å². The van der Waals surface area contributed by atoms with Gasteiger partial charge < -0.3 is 34.2 Å². The molecule has 0 aliphatic heterocycles. The molecule has 0 bridgehead atoms. The molecule has 534 valence electrons. The molecule has 0 heterocycles. The molecule has 0 aromatic carbocycles. The second-order valence-electron chi connectivity index (χ2n) is 23.6. The third kappa shape index (κ3) is 69.1. The number of hydrogen-bond acceptors (Lipinski definition) is 14. The number of allylic oxidation sites excluding steroid dienone is 20. The summed E-state index contributed by atoms with van der Waals surface area (Å²) in [6.45, 7) is 2.42. The lowest BCUT2D eigenvalue weighted by Gasteiger charge is -2.21.